The summed E-state index contributed by atoms with van der Waals surface area (Å²) >= 11 is 1.03. The van der Waals surface area contributed by atoms with Gasteiger partial charge < -0.3 is 14.8 Å². The van der Waals surface area contributed by atoms with Crippen LogP contribution in [-0.2, 0) is 4.79 Å². The molecule has 6 nitrogen and oxygen atoms in total. The first-order valence-electron chi connectivity index (χ1n) is 8.72. The smallest absolute Gasteiger partial charge is 0.234 e. The van der Waals surface area contributed by atoms with Crippen LogP contribution in [0.5, 0.6) is 11.5 Å². The predicted molar refractivity (Wildman–Crippen MR) is 106 cm³/mol. The molecule has 0 unspecified atom stereocenters. The summed E-state index contributed by atoms with van der Waals surface area (Å²) in [6, 6.07) is 13.5. The fourth-order valence-corrected chi connectivity index (χ4v) is 3.54. The fraction of sp³-hybridized carbons (Fsp3) is 0.0952. The third-order valence-corrected chi connectivity index (χ3v) is 5.18. The number of nitriles is 1. The highest BCUT2D eigenvalue weighted by Gasteiger charge is 2.16. The molecule has 1 amide bonds. The molecule has 0 fully saturated rings. The summed E-state index contributed by atoms with van der Waals surface area (Å²) in [5.41, 5.74) is 1.40. The van der Waals surface area contributed by atoms with Crippen molar-refractivity contribution in [1.82, 2.24) is 4.98 Å². The lowest BCUT2D eigenvalue weighted by atomic mass is 10.1. The number of benzene rings is 2. The average molecular weight is 425 g/mol. The molecule has 0 saturated carbocycles. The molecule has 1 aliphatic rings. The van der Waals surface area contributed by atoms with Crippen molar-refractivity contribution < 1.29 is 23.0 Å². The van der Waals surface area contributed by atoms with Gasteiger partial charge in [-0.2, -0.15) is 5.26 Å². The van der Waals surface area contributed by atoms with Gasteiger partial charge in [-0.25, -0.2) is 13.8 Å². The van der Waals surface area contributed by atoms with Crippen LogP contribution in [0.1, 0.15) is 5.56 Å². The van der Waals surface area contributed by atoms with Crippen molar-refractivity contribution in [2.75, 3.05) is 17.9 Å². The third kappa shape index (κ3) is 4.18. The van der Waals surface area contributed by atoms with Gasteiger partial charge in [0.1, 0.15) is 22.7 Å². The molecule has 1 N–H and O–H groups in total. The highest BCUT2D eigenvalue weighted by atomic mass is 32.2. The van der Waals surface area contributed by atoms with Crippen LogP contribution in [0, 0.1) is 23.0 Å². The van der Waals surface area contributed by atoms with Crippen LogP contribution < -0.4 is 14.8 Å². The highest BCUT2D eigenvalue weighted by Crippen LogP contribution is 2.36. The zero-order valence-electron chi connectivity index (χ0n) is 15.3. The number of thioether (sulfide) groups is 1. The number of carbonyl (C=O) groups is 1. The largest absolute Gasteiger partial charge is 0.454 e. The molecule has 4 rings (SSSR count). The maximum atomic E-state index is 13.7. The molecule has 150 valence electrons. The number of amides is 1. The Balaban J connectivity index is 1.51. The number of hydrogen-bond acceptors (Lipinski definition) is 6. The van der Waals surface area contributed by atoms with E-state index >= 15 is 0 Å². The standard InChI is InChI=1S/C21H13F2N3O3S/c22-14-3-4-15(23)17(8-14)25-20(27)10-30-21-13(9-24)1-5-16(26-21)12-2-6-18-19(7-12)29-11-28-18/h1-8H,10-11H2,(H,25,27). The number of anilines is 1. The Morgan fingerprint density at radius 3 is 2.80 bits per heavy atom. The number of pyridine rings is 1. The Labute approximate surface area is 174 Å². The summed E-state index contributed by atoms with van der Waals surface area (Å²) in [5, 5.41) is 12.0. The van der Waals surface area contributed by atoms with Gasteiger partial charge in [-0.3, -0.25) is 4.79 Å². The lowest BCUT2D eigenvalue weighted by Gasteiger charge is -2.09. The lowest BCUT2D eigenvalue weighted by Crippen LogP contribution is -2.15. The first kappa shape index (κ1) is 19.7. The summed E-state index contributed by atoms with van der Waals surface area (Å²) < 4.78 is 37.6. The van der Waals surface area contributed by atoms with E-state index in [1.165, 1.54) is 0 Å². The van der Waals surface area contributed by atoms with Gasteiger partial charge >= 0.3 is 0 Å². The molecule has 0 atom stereocenters. The van der Waals surface area contributed by atoms with Crippen molar-refractivity contribution in [3.05, 3.63) is 65.7 Å². The lowest BCUT2D eigenvalue weighted by molar-refractivity contribution is -0.113. The van der Waals surface area contributed by atoms with Gasteiger partial charge in [-0.1, -0.05) is 11.8 Å². The maximum absolute atomic E-state index is 13.7. The fourth-order valence-electron chi connectivity index (χ4n) is 2.77. The predicted octanol–water partition coefficient (Wildman–Crippen LogP) is 4.36. The molecule has 3 aromatic rings. The van der Waals surface area contributed by atoms with Gasteiger partial charge in [0, 0.05) is 11.6 Å². The van der Waals surface area contributed by atoms with E-state index in [4.69, 9.17) is 9.47 Å². The van der Waals surface area contributed by atoms with E-state index in [9.17, 15) is 18.8 Å². The van der Waals surface area contributed by atoms with Crippen molar-refractivity contribution in [3.8, 4) is 28.8 Å². The molecule has 0 spiro atoms. The normalized spacial score (nSPS) is 11.8. The number of nitrogens with zero attached hydrogens (tertiary/aromatic N) is 2. The number of hydrogen-bond donors (Lipinski definition) is 1. The molecule has 0 radical (unpaired) electrons. The Kier molecular flexibility index (Phi) is 5.50. The van der Waals surface area contributed by atoms with Gasteiger partial charge in [-0.15, -0.1) is 0 Å². The van der Waals surface area contributed by atoms with E-state index in [-0.39, 0.29) is 18.2 Å². The van der Waals surface area contributed by atoms with Crippen molar-refractivity contribution in [1.29, 1.82) is 5.26 Å². The number of fused-ring (bicyclic) bond motifs is 1. The van der Waals surface area contributed by atoms with Gasteiger partial charge in [-0.05, 0) is 42.5 Å². The number of halogens is 2. The molecule has 2 aromatic carbocycles. The zero-order valence-corrected chi connectivity index (χ0v) is 16.1. The van der Waals surface area contributed by atoms with E-state index in [0.717, 1.165) is 35.5 Å². The molecule has 30 heavy (non-hydrogen) atoms. The minimum absolute atomic E-state index is 0.137. The summed E-state index contributed by atoms with van der Waals surface area (Å²) in [5.74, 6) is -0.849. The first-order valence-corrected chi connectivity index (χ1v) is 9.71. The quantitative estimate of drug-likeness (QED) is 0.612. The number of nitrogens with one attached hydrogen (secondary N) is 1. The molecular formula is C21H13F2N3O3S. The minimum atomic E-state index is -0.740. The summed E-state index contributed by atoms with van der Waals surface area (Å²) in [7, 11) is 0. The van der Waals surface area contributed by atoms with Gasteiger partial charge in [0.05, 0.1) is 22.7 Å². The van der Waals surface area contributed by atoms with Crippen molar-refractivity contribution in [3.63, 3.8) is 0 Å². The molecule has 1 aliphatic heterocycles. The van der Waals surface area contributed by atoms with Crippen LogP contribution in [0.15, 0.2) is 53.6 Å². The Morgan fingerprint density at radius 2 is 1.97 bits per heavy atom. The highest BCUT2D eigenvalue weighted by molar-refractivity contribution is 8.00. The number of ether oxygens (including phenoxy) is 2. The van der Waals surface area contributed by atoms with Gasteiger partial charge in [0.25, 0.3) is 0 Å². The molecule has 0 aliphatic carbocycles. The number of aromatic nitrogens is 1. The summed E-state index contributed by atoms with van der Waals surface area (Å²) in [6.45, 7) is 0.154. The van der Waals surface area contributed by atoms with Crippen LogP contribution >= 0.6 is 11.8 Å². The maximum Gasteiger partial charge on any atom is 0.234 e. The van der Waals surface area contributed by atoms with E-state index in [0.29, 0.717) is 27.8 Å². The van der Waals surface area contributed by atoms with Crippen molar-refractivity contribution >= 4 is 23.4 Å². The van der Waals surface area contributed by atoms with Crippen molar-refractivity contribution in [2.45, 2.75) is 5.03 Å². The Morgan fingerprint density at radius 1 is 1.13 bits per heavy atom. The Bertz CT molecular complexity index is 1180. The third-order valence-electron chi connectivity index (χ3n) is 4.19. The summed E-state index contributed by atoms with van der Waals surface area (Å²) in [6.07, 6.45) is 0. The van der Waals surface area contributed by atoms with Crippen LogP contribution in [-0.4, -0.2) is 23.4 Å². The molecule has 2 heterocycles. The minimum Gasteiger partial charge on any atom is -0.454 e. The number of rotatable bonds is 5. The van der Waals surface area contributed by atoms with Crippen LogP contribution in [0.2, 0.25) is 0 Å². The van der Waals surface area contributed by atoms with Crippen LogP contribution in [0.25, 0.3) is 11.3 Å². The monoisotopic (exact) mass is 425 g/mol. The topological polar surface area (TPSA) is 84.2 Å². The molecule has 1 aromatic heterocycles. The van der Waals surface area contributed by atoms with Crippen molar-refractivity contribution in [2.24, 2.45) is 0 Å². The van der Waals surface area contributed by atoms with E-state index < -0.39 is 17.5 Å². The van der Waals surface area contributed by atoms with E-state index in [1.807, 2.05) is 12.1 Å². The van der Waals surface area contributed by atoms with E-state index in [1.54, 1.807) is 24.3 Å². The molecule has 0 bridgehead atoms. The zero-order chi connectivity index (χ0) is 21.1. The average Bonchev–Trinajstić information content (AvgIpc) is 3.22. The van der Waals surface area contributed by atoms with Crippen LogP contribution in [0.4, 0.5) is 14.5 Å². The second kappa shape index (κ2) is 8.39. The van der Waals surface area contributed by atoms with Gasteiger partial charge in [0.2, 0.25) is 12.7 Å². The summed E-state index contributed by atoms with van der Waals surface area (Å²) in [4.78, 5) is 16.6. The van der Waals surface area contributed by atoms with Crippen LogP contribution in [0.3, 0.4) is 0 Å². The molecular weight excluding hydrogens is 412 g/mol. The van der Waals surface area contributed by atoms with E-state index in [2.05, 4.69) is 10.3 Å². The second-order valence-corrected chi connectivity index (χ2v) is 7.15. The molecule has 9 heteroatoms. The first-order chi connectivity index (χ1) is 14.5. The Hall–Kier alpha value is -3.64. The number of carbonyl (C=O) groups excluding carboxylic acids is 1. The second-order valence-electron chi connectivity index (χ2n) is 6.19. The van der Waals surface area contributed by atoms with Gasteiger partial charge in [0.15, 0.2) is 11.5 Å². The molecule has 0 saturated heterocycles. The SMILES string of the molecule is N#Cc1ccc(-c2ccc3c(c2)OCO3)nc1SCC(=O)Nc1cc(F)ccc1F.